The van der Waals surface area contributed by atoms with Crippen LogP contribution in [0.5, 0.6) is 0 Å². The maximum Gasteiger partial charge on any atom is 0.220 e. The van der Waals surface area contributed by atoms with Crippen LogP contribution in [-0.4, -0.2) is 34.9 Å². The summed E-state index contributed by atoms with van der Waals surface area (Å²) in [5.74, 6) is -0.0447. The van der Waals surface area contributed by atoms with Crippen molar-refractivity contribution in [3.8, 4) is 0 Å². The summed E-state index contributed by atoms with van der Waals surface area (Å²) >= 11 is 0. The van der Waals surface area contributed by atoms with E-state index in [-0.39, 0.29) is 12.5 Å². The average molecular weight is 668 g/mol. The highest BCUT2D eigenvalue weighted by Crippen LogP contribution is 2.14. The topological polar surface area (TPSA) is 69.6 Å². The Morgan fingerprint density at radius 2 is 0.917 bits per heavy atom. The van der Waals surface area contributed by atoms with Crippen LogP contribution in [0.1, 0.15) is 181 Å². The Labute approximate surface area is 298 Å². The molecule has 0 rings (SSSR count). The van der Waals surface area contributed by atoms with Crippen LogP contribution in [0, 0.1) is 0 Å². The molecule has 2 atom stereocenters. The first kappa shape index (κ1) is 45.8. The monoisotopic (exact) mass is 668 g/mol. The number of carbonyl (C=O) groups is 1. The Bertz CT molecular complexity index is 853. The van der Waals surface area contributed by atoms with Gasteiger partial charge in [0, 0.05) is 6.42 Å². The van der Waals surface area contributed by atoms with Crippen molar-refractivity contribution >= 4 is 5.91 Å². The summed E-state index contributed by atoms with van der Waals surface area (Å²) in [5, 5.41) is 22.9. The van der Waals surface area contributed by atoms with E-state index < -0.39 is 12.1 Å². The van der Waals surface area contributed by atoms with E-state index in [4.69, 9.17) is 0 Å². The molecule has 0 aliphatic rings. The molecule has 48 heavy (non-hydrogen) atoms. The molecular formula is C44H77NO3. The van der Waals surface area contributed by atoms with Crippen LogP contribution in [-0.2, 0) is 4.79 Å². The fourth-order valence-electron chi connectivity index (χ4n) is 5.66. The molecule has 4 heteroatoms. The van der Waals surface area contributed by atoms with E-state index >= 15 is 0 Å². The van der Waals surface area contributed by atoms with Crippen LogP contribution < -0.4 is 5.32 Å². The van der Waals surface area contributed by atoms with Gasteiger partial charge < -0.3 is 15.5 Å². The highest BCUT2D eigenvalue weighted by atomic mass is 16.3. The summed E-state index contributed by atoms with van der Waals surface area (Å²) in [6.45, 7) is 4.18. The van der Waals surface area contributed by atoms with Crippen molar-refractivity contribution in [2.24, 2.45) is 0 Å². The molecule has 276 valence electrons. The second-order valence-electron chi connectivity index (χ2n) is 13.3. The Balaban J connectivity index is 3.54. The minimum atomic E-state index is -0.661. The predicted octanol–water partition coefficient (Wildman–Crippen LogP) is 12.3. The van der Waals surface area contributed by atoms with Gasteiger partial charge in [0.05, 0.1) is 18.8 Å². The first-order valence-electron chi connectivity index (χ1n) is 20.1. The summed E-state index contributed by atoms with van der Waals surface area (Å²) in [6.07, 6.45) is 55.5. The van der Waals surface area contributed by atoms with Gasteiger partial charge in [-0.15, -0.1) is 0 Å². The molecule has 0 heterocycles. The minimum absolute atomic E-state index is 0.0447. The van der Waals surface area contributed by atoms with Gasteiger partial charge in [0.25, 0.3) is 0 Å². The molecule has 1 amide bonds. The molecule has 0 aromatic rings. The Morgan fingerprint density at radius 3 is 1.38 bits per heavy atom. The van der Waals surface area contributed by atoms with Gasteiger partial charge in [-0.25, -0.2) is 0 Å². The molecule has 2 unspecified atom stereocenters. The molecular weight excluding hydrogens is 590 g/mol. The number of aliphatic hydroxyl groups is 2. The zero-order valence-electron chi connectivity index (χ0n) is 31.5. The van der Waals surface area contributed by atoms with Gasteiger partial charge in [-0.05, 0) is 64.2 Å². The van der Waals surface area contributed by atoms with Gasteiger partial charge in [0.15, 0.2) is 0 Å². The molecule has 0 radical (unpaired) electrons. The van der Waals surface area contributed by atoms with Crippen molar-refractivity contribution in [2.75, 3.05) is 6.61 Å². The summed E-state index contributed by atoms with van der Waals surface area (Å²) in [5.41, 5.74) is 0. The lowest BCUT2D eigenvalue weighted by Crippen LogP contribution is -2.45. The van der Waals surface area contributed by atoms with Crippen LogP contribution in [0.4, 0.5) is 0 Å². The molecule has 0 aromatic carbocycles. The van der Waals surface area contributed by atoms with E-state index in [0.717, 1.165) is 64.2 Å². The molecule has 4 nitrogen and oxygen atoms in total. The summed E-state index contributed by atoms with van der Waals surface area (Å²) in [6, 6.07) is -0.539. The van der Waals surface area contributed by atoms with E-state index in [2.05, 4.69) is 92.1 Å². The summed E-state index contributed by atoms with van der Waals surface area (Å²) in [4.78, 5) is 12.3. The maximum absolute atomic E-state index is 12.3. The van der Waals surface area contributed by atoms with Gasteiger partial charge in [-0.1, -0.05) is 183 Å². The van der Waals surface area contributed by atoms with Crippen molar-refractivity contribution in [2.45, 2.75) is 193 Å². The quantitative estimate of drug-likeness (QED) is 0.0465. The van der Waals surface area contributed by atoms with E-state index in [1.165, 1.54) is 89.9 Å². The number of allylic oxidation sites excluding steroid dienone is 12. The number of unbranched alkanes of at least 4 members (excludes halogenated alkanes) is 16. The van der Waals surface area contributed by atoms with Crippen LogP contribution in [0.25, 0.3) is 0 Å². The lowest BCUT2D eigenvalue weighted by molar-refractivity contribution is -0.123. The highest BCUT2D eigenvalue weighted by molar-refractivity contribution is 5.76. The Hall–Kier alpha value is -2.17. The molecule has 0 saturated carbocycles. The standard InChI is InChI=1S/C44H77NO3/c1-3-5-7-9-11-12-13-14-15-16-17-18-19-20-21-22-23-24-25-26-27-28-29-30-31-32-34-36-38-40-44(48)45-42(41-46)43(47)39-37-35-33-10-8-6-4-2/h5,7,11-12,14-15,17-18,20-21,23-24,42-43,46-47H,3-4,6,8-10,13,16,19,22,25-41H2,1-2H3,(H,45,48)/b7-5-,12-11-,15-14-,18-17-,21-20-,24-23-. The third-order valence-electron chi connectivity index (χ3n) is 8.73. The molecule has 0 spiro atoms. The van der Waals surface area contributed by atoms with Gasteiger partial charge in [-0.3, -0.25) is 4.79 Å². The van der Waals surface area contributed by atoms with Gasteiger partial charge in [0.2, 0.25) is 5.91 Å². The summed E-state index contributed by atoms with van der Waals surface area (Å²) < 4.78 is 0. The van der Waals surface area contributed by atoms with Gasteiger partial charge in [-0.2, -0.15) is 0 Å². The van der Waals surface area contributed by atoms with Crippen molar-refractivity contribution in [1.29, 1.82) is 0 Å². The SMILES string of the molecule is CC/C=C\C/C=C\C/C=C\C/C=C\C/C=C\C/C=C\CCCCCCCCCCCCC(=O)NC(CO)C(O)CCCCCCCCC. The predicted molar refractivity (Wildman–Crippen MR) is 211 cm³/mol. The number of hydrogen-bond donors (Lipinski definition) is 3. The lowest BCUT2D eigenvalue weighted by Gasteiger charge is -2.22. The zero-order valence-corrected chi connectivity index (χ0v) is 31.5. The van der Waals surface area contributed by atoms with E-state index in [1.54, 1.807) is 0 Å². The molecule has 0 aliphatic heterocycles. The largest absolute Gasteiger partial charge is 0.394 e. The van der Waals surface area contributed by atoms with Crippen LogP contribution in [0.2, 0.25) is 0 Å². The zero-order chi connectivity index (χ0) is 35.0. The summed E-state index contributed by atoms with van der Waals surface area (Å²) in [7, 11) is 0. The van der Waals surface area contributed by atoms with Crippen molar-refractivity contribution in [1.82, 2.24) is 5.32 Å². The molecule has 0 bridgehead atoms. The van der Waals surface area contributed by atoms with Crippen molar-refractivity contribution in [3.05, 3.63) is 72.9 Å². The van der Waals surface area contributed by atoms with Crippen LogP contribution >= 0.6 is 0 Å². The molecule has 0 saturated heterocycles. The number of nitrogens with one attached hydrogen (secondary N) is 1. The normalized spacial score (nSPS) is 13.8. The highest BCUT2D eigenvalue weighted by Gasteiger charge is 2.19. The fourth-order valence-corrected chi connectivity index (χ4v) is 5.66. The van der Waals surface area contributed by atoms with Gasteiger partial charge in [0.1, 0.15) is 0 Å². The second-order valence-corrected chi connectivity index (χ2v) is 13.3. The molecule has 0 aromatic heterocycles. The second kappa shape index (κ2) is 39.3. The number of hydrogen-bond acceptors (Lipinski definition) is 3. The van der Waals surface area contributed by atoms with E-state index in [0.29, 0.717) is 12.8 Å². The molecule has 0 fully saturated rings. The van der Waals surface area contributed by atoms with Gasteiger partial charge >= 0.3 is 0 Å². The van der Waals surface area contributed by atoms with Crippen LogP contribution in [0.3, 0.4) is 0 Å². The van der Waals surface area contributed by atoms with Crippen molar-refractivity contribution in [3.63, 3.8) is 0 Å². The smallest absolute Gasteiger partial charge is 0.220 e. The lowest BCUT2D eigenvalue weighted by atomic mass is 10.0. The fraction of sp³-hybridized carbons (Fsp3) is 0.705. The average Bonchev–Trinajstić information content (AvgIpc) is 3.09. The van der Waals surface area contributed by atoms with E-state index in [1.807, 2.05) is 0 Å². The van der Waals surface area contributed by atoms with Crippen LogP contribution in [0.15, 0.2) is 72.9 Å². The molecule has 3 N–H and O–H groups in total. The number of carbonyl (C=O) groups excluding carboxylic acids is 1. The third kappa shape index (κ3) is 35.1. The number of aliphatic hydroxyl groups excluding tert-OH is 2. The first-order valence-corrected chi connectivity index (χ1v) is 20.1. The van der Waals surface area contributed by atoms with E-state index in [9.17, 15) is 15.0 Å². The number of rotatable bonds is 35. The first-order chi connectivity index (χ1) is 23.7. The minimum Gasteiger partial charge on any atom is -0.394 e. The maximum atomic E-state index is 12.3. The Morgan fingerprint density at radius 1 is 0.521 bits per heavy atom. The Kier molecular flexibility index (Phi) is 37.5. The number of amides is 1. The third-order valence-corrected chi connectivity index (χ3v) is 8.73. The van der Waals surface area contributed by atoms with Crippen molar-refractivity contribution < 1.29 is 15.0 Å². The molecule has 0 aliphatic carbocycles.